The topological polar surface area (TPSA) is 103 Å². The number of aromatic nitrogens is 3. The van der Waals surface area contributed by atoms with Crippen LogP contribution in [0, 0.1) is 0 Å². The maximum absolute atomic E-state index is 12.3. The molecule has 0 unspecified atom stereocenters. The Morgan fingerprint density at radius 1 is 1.25 bits per heavy atom. The van der Waals surface area contributed by atoms with Crippen molar-refractivity contribution in [3.05, 3.63) is 57.0 Å². The summed E-state index contributed by atoms with van der Waals surface area (Å²) in [7, 11) is 0. The van der Waals surface area contributed by atoms with Gasteiger partial charge in [0.15, 0.2) is 0 Å². The van der Waals surface area contributed by atoms with E-state index in [-0.39, 0.29) is 18.1 Å². The van der Waals surface area contributed by atoms with E-state index in [1.165, 1.54) is 21.9 Å². The number of fused-ring (bicyclic) bond motifs is 1. The Labute approximate surface area is 165 Å². The number of aryl methyl sites for hydroxylation is 1. The second-order valence-electron chi connectivity index (χ2n) is 6.08. The summed E-state index contributed by atoms with van der Waals surface area (Å²) in [6.07, 6.45) is 2.05. The summed E-state index contributed by atoms with van der Waals surface area (Å²) >= 11 is 1.35. The molecule has 2 heterocycles. The van der Waals surface area contributed by atoms with Crippen molar-refractivity contribution in [2.75, 3.05) is 5.32 Å². The van der Waals surface area contributed by atoms with Gasteiger partial charge in [0.25, 0.3) is 5.56 Å². The van der Waals surface area contributed by atoms with Crippen LogP contribution < -0.4 is 10.9 Å². The van der Waals surface area contributed by atoms with E-state index in [4.69, 9.17) is 4.74 Å². The molecule has 3 rings (SSSR count). The molecule has 1 N–H and O–H groups in total. The third-order valence-corrected chi connectivity index (χ3v) is 4.83. The number of hydrogen-bond acceptors (Lipinski definition) is 7. The number of carbonyl (C=O) groups is 2. The second kappa shape index (κ2) is 8.75. The molecule has 0 aliphatic carbocycles. The van der Waals surface area contributed by atoms with Crippen molar-refractivity contribution in [3.8, 4) is 0 Å². The lowest BCUT2D eigenvalue weighted by Gasteiger charge is -2.07. The highest BCUT2D eigenvalue weighted by molar-refractivity contribution is 7.16. The SMILES string of the molecule is CCCc1nn2c(=O)cc(COC(=O)c3cccc(NC(=O)CC)c3)nc2s1. The summed E-state index contributed by atoms with van der Waals surface area (Å²) in [5.41, 5.74) is 0.876. The van der Waals surface area contributed by atoms with Crippen LogP contribution in [0.1, 0.15) is 47.7 Å². The minimum absolute atomic E-state index is 0.128. The molecule has 0 bridgehead atoms. The first kappa shape index (κ1) is 19.7. The molecule has 0 aliphatic heterocycles. The van der Waals surface area contributed by atoms with E-state index in [1.54, 1.807) is 31.2 Å². The van der Waals surface area contributed by atoms with Crippen LogP contribution in [0.2, 0.25) is 0 Å². The van der Waals surface area contributed by atoms with Gasteiger partial charge in [-0.05, 0) is 24.6 Å². The van der Waals surface area contributed by atoms with E-state index >= 15 is 0 Å². The quantitative estimate of drug-likeness (QED) is 0.612. The number of hydrogen-bond donors (Lipinski definition) is 1. The lowest BCUT2D eigenvalue weighted by molar-refractivity contribution is -0.115. The summed E-state index contributed by atoms with van der Waals surface area (Å²) in [4.78, 5) is 40.8. The van der Waals surface area contributed by atoms with E-state index in [1.807, 2.05) is 6.92 Å². The molecule has 1 amide bonds. The molecule has 2 aromatic heterocycles. The van der Waals surface area contributed by atoms with Gasteiger partial charge >= 0.3 is 5.97 Å². The summed E-state index contributed by atoms with van der Waals surface area (Å²) in [6.45, 7) is 3.65. The third kappa shape index (κ3) is 4.61. The van der Waals surface area contributed by atoms with Crippen LogP contribution in [-0.4, -0.2) is 26.5 Å². The number of anilines is 1. The Balaban J connectivity index is 1.71. The van der Waals surface area contributed by atoms with Gasteiger partial charge in [0.2, 0.25) is 10.9 Å². The van der Waals surface area contributed by atoms with Gasteiger partial charge in [-0.2, -0.15) is 9.61 Å². The average molecular weight is 400 g/mol. The first-order valence-electron chi connectivity index (χ1n) is 8.96. The van der Waals surface area contributed by atoms with Crippen molar-refractivity contribution in [2.24, 2.45) is 0 Å². The molecule has 0 aliphatic rings. The van der Waals surface area contributed by atoms with Crippen LogP contribution in [0.15, 0.2) is 35.1 Å². The number of nitrogens with one attached hydrogen (secondary N) is 1. The first-order valence-corrected chi connectivity index (χ1v) is 9.77. The Kier molecular flexibility index (Phi) is 6.15. The Bertz CT molecular complexity index is 1070. The number of rotatable bonds is 7. The molecule has 0 saturated heterocycles. The fourth-order valence-corrected chi connectivity index (χ4v) is 3.50. The molecule has 0 radical (unpaired) electrons. The fourth-order valence-electron chi connectivity index (χ4n) is 2.48. The molecular formula is C19H20N4O4S. The van der Waals surface area contributed by atoms with Crippen molar-refractivity contribution in [1.29, 1.82) is 0 Å². The highest BCUT2D eigenvalue weighted by Crippen LogP contribution is 2.15. The summed E-state index contributed by atoms with van der Waals surface area (Å²) in [6, 6.07) is 7.80. The molecular weight excluding hydrogens is 380 g/mol. The monoisotopic (exact) mass is 400 g/mol. The van der Waals surface area contributed by atoms with Gasteiger partial charge in [0.1, 0.15) is 11.6 Å². The zero-order valence-corrected chi connectivity index (χ0v) is 16.4. The van der Waals surface area contributed by atoms with Crippen LogP contribution in [0.3, 0.4) is 0 Å². The lowest BCUT2D eigenvalue weighted by Crippen LogP contribution is -2.17. The molecule has 1 aromatic carbocycles. The van der Waals surface area contributed by atoms with Crippen molar-refractivity contribution >= 4 is 33.9 Å². The first-order chi connectivity index (χ1) is 13.5. The van der Waals surface area contributed by atoms with Gasteiger partial charge in [-0.15, -0.1) is 0 Å². The molecule has 0 atom stereocenters. The zero-order valence-electron chi connectivity index (χ0n) is 15.6. The number of esters is 1. The van der Waals surface area contributed by atoms with E-state index in [0.29, 0.717) is 28.3 Å². The molecule has 3 aromatic rings. The maximum atomic E-state index is 12.3. The number of ether oxygens (including phenoxy) is 1. The third-order valence-electron chi connectivity index (χ3n) is 3.86. The Hall–Kier alpha value is -3.07. The van der Waals surface area contributed by atoms with E-state index in [2.05, 4.69) is 15.4 Å². The van der Waals surface area contributed by atoms with Crippen molar-refractivity contribution in [3.63, 3.8) is 0 Å². The Morgan fingerprint density at radius 2 is 2.07 bits per heavy atom. The average Bonchev–Trinajstić information content (AvgIpc) is 3.09. The second-order valence-corrected chi connectivity index (χ2v) is 7.13. The normalized spacial score (nSPS) is 10.8. The number of amides is 1. The zero-order chi connectivity index (χ0) is 20.1. The van der Waals surface area contributed by atoms with Crippen LogP contribution in [0.4, 0.5) is 5.69 Å². The minimum Gasteiger partial charge on any atom is -0.456 e. The number of benzene rings is 1. The molecule has 0 fully saturated rings. The summed E-state index contributed by atoms with van der Waals surface area (Å²) in [5.74, 6) is -0.707. The molecule has 146 valence electrons. The fraction of sp³-hybridized carbons (Fsp3) is 0.316. The molecule has 9 heteroatoms. The van der Waals surface area contributed by atoms with Gasteiger partial charge < -0.3 is 10.1 Å². The maximum Gasteiger partial charge on any atom is 0.338 e. The standard InChI is InChI=1S/C19H20N4O4S/c1-3-6-16-22-23-17(25)10-14(21-19(23)28-16)11-27-18(26)12-7-5-8-13(9-12)20-15(24)4-2/h5,7-10H,3-4,6,11H2,1-2H3,(H,20,24). The number of nitrogens with zero attached hydrogens (tertiary/aromatic N) is 3. The molecule has 0 spiro atoms. The lowest BCUT2D eigenvalue weighted by atomic mass is 10.2. The summed E-state index contributed by atoms with van der Waals surface area (Å²) in [5, 5.41) is 7.78. The van der Waals surface area contributed by atoms with E-state index in [9.17, 15) is 14.4 Å². The van der Waals surface area contributed by atoms with Crippen molar-refractivity contribution < 1.29 is 14.3 Å². The van der Waals surface area contributed by atoms with Gasteiger partial charge in [-0.1, -0.05) is 31.3 Å². The smallest absolute Gasteiger partial charge is 0.338 e. The predicted octanol–water partition coefficient (Wildman–Crippen LogP) is 2.81. The van der Waals surface area contributed by atoms with Gasteiger partial charge in [-0.25, -0.2) is 9.78 Å². The van der Waals surface area contributed by atoms with Gasteiger partial charge in [-0.3, -0.25) is 9.59 Å². The Morgan fingerprint density at radius 3 is 2.82 bits per heavy atom. The molecule has 0 saturated carbocycles. The van der Waals surface area contributed by atoms with Crippen molar-refractivity contribution in [1.82, 2.24) is 14.6 Å². The van der Waals surface area contributed by atoms with Crippen LogP contribution in [0.5, 0.6) is 0 Å². The van der Waals surface area contributed by atoms with E-state index < -0.39 is 5.97 Å². The van der Waals surface area contributed by atoms with Gasteiger partial charge in [0, 0.05) is 24.6 Å². The van der Waals surface area contributed by atoms with E-state index in [0.717, 1.165) is 17.8 Å². The number of carbonyl (C=O) groups excluding carboxylic acids is 2. The highest BCUT2D eigenvalue weighted by Gasteiger charge is 2.12. The highest BCUT2D eigenvalue weighted by atomic mass is 32.1. The molecule has 8 nitrogen and oxygen atoms in total. The largest absolute Gasteiger partial charge is 0.456 e. The van der Waals surface area contributed by atoms with Crippen LogP contribution >= 0.6 is 11.3 Å². The van der Waals surface area contributed by atoms with Gasteiger partial charge in [0.05, 0.1) is 11.3 Å². The van der Waals surface area contributed by atoms with Crippen molar-refractivity contribution in [2.45, 2.75) is 39.7 Å². The predicted molar refractivity (Wildman–Crippen MR) is 106 cm³/mol. The summed E-state index contributed by atoms with van der Waals surface area (Å²) < 4.78 is 6.55. The van der Waals surface area contributed by atoms with Crippen LogP contribution in [0.25, 0.3) is 4.96 Å². The molecule has 28 heavy (non-hydrogen) atoms. The minimum atomic E-state index is -0.564. The van der Waals surface area contributed by atoms with Crippen LogP contribution in [-0.2, 0) is 22.6 Å².